The molecule has 0 saturated carbocycles. The molecule has 0 bridgehead atoms. The third-order valence-corrected chi connectivity index (χ3v) is 7.30. The van der Waals surface area contributed by atoms with Gasteiger partial charge in [-0.05, 0) is 55.2 Å². The molecule has 5 aromatic rings. The minimum absolute atomic E-state index is 0.0397. The lowest BCUT2D eigenvalue weighted by Gasteiger charge is -2.14. The van der Waals surface area contributed by atoms with E-state index in [1.807, 2.05) is 83.1 Å². The van der Waals surface area contributed by atoms with Crippen molar-refractivity contribution in [2.24, 2.45) is 0 Å². The monoisotopic (exact) mass is 528 g/mol. The first-order chi connectivity index (χ1) is 18.0. The highest BCUT2D eigenvalue weighted by Crippen LogP contribution is 2.31. The largest absolute Gasteiger partial charge is 0.506 e. The molecule has 0 aliphatic carbocycles. The minimum Gasteiger partial charge on any atom is -0.506 e. The maximum absolute atomic E-state index is 12.6. The topological polar surface area (TPSA) is 89.4 Å². The van der Waals surface area contributed by atoms with Crippen LogP contribution in [0.4, 0.5) is 0 Å². The number of hydrogen-bond acceptors (Lipinski definition) is 6. The van der Waals surface area contributed by atoms with Crippen LogP contribution in [0.1, 0.15) is 56.5 Å². The summed E-state index contributed by atoms with van der Waals surface area (Å²) in [6.07, 6.45) is 0. The van der Waals surface area contributed by atoms with Gasteiger partial charge >= 0.3 is 10.1 Å². The normalized spacial score (nSPS) is 11.6. The lowest BCUT2D eigenvalue weighted by atomic mass is 10.1. The number of aromatic hydroxyl groups is 1. The second kappa shape index (κ2) is 11.2. The molecule has 0 amide bonds. The van der Waals surface area contributed by atoms with E-state index in [0.29, 0.717) is 11.4 Å². The smallest absolute Gasteiger partial charge is 0.339 e. The average molecular weight is 529 g/mol. The predicted octanol–water partition coefficient (Wildman–Crippen LogP) is 7.50. The standard InChI is InChI=1S/C19H19NO3S.C12H13NO/c1-13(2)19-18(12-15-6-4-5-7-17(15)20-19)23-24(21,22)16-10-8-14(3)9-11-16;1-8(2)12-11(14)7-9-5-3-4-6-10(9)13-12/h4-13H,1-3H3;3-8,14H,1-2H3. The van der Waals surface area contributed by atoms with Gasteiger partial charge in [-0.25, -0.2) is 9.97 Å². The van der Waals surface area contributed by atoms with Gasteiger partial charge in [0.2, 0.25) is 0 Å². The van der Waals surface area contributed by atoms with Gasteiger partial charge in [0.1, 0.15) is 10.6 Å². The van der Waals surface area contributed by atoms with E-state index >= 15 is 0 Å². The highest BCUT2D eigenvalue weighted by molar-refractivity contribution is 7.87. The van der Waals surface area contributed by atoms with E-state index in [2.05, 4.69) is 9.97 Å². The minimum atomic E-state index is -3.89. The summed E-state index contributed by atoms with van der Waals surface area (Å²) in [5.41, 5.74) is 4.15. The zero-order valence-electron chi connectivity index (χ0n) is 22.2. The van der Waals surface area contributed by atoms with Crippen LogP contribution >= 0.6 is 0 Å². The number of pyridine rings is 2. The van der Waals surface area contributed by atoms with Crippen molar-refractivity contribution in [2.75, 3.05) is 0 Å². The molecule has 3 aromatic carbocycles. The molecule has 196 valence electrons. The number of aryl methyl sites for hydroxylation is 1. The Labute approximate surface area is 224 Å². The van der Waals surface area contributed by atoms with Crippen LogP contribution in [0.3, 0.4) is 0 Å². The Balaban J connectivity index is 0.000000204. The molecule has 0 aliphatic heterocycles. The molecule has 0 fully saturated rings. The first-order valence-corrected chi connectivity index (χ1v) is 14.0. The molecular formula is C31H32N2O4S. The molecule has 0 radical (unpaired) electrons. The maximum atomic E-state index is 12.6. The Morgan fingerprint density at radius 2 is 1.21 bits per heavy atom. The van der Waals surface area contributed by atoms with Crippen LogP contribution in [0.2, 0.25) is 0 Å². The quantitative estimate of drug-likeness (QED) is 0.238. The van der Waals surface area contributed by atoms with E-state index < -0.39 is 10.1 Å². The van der Waals surface area contributed by atoms with Crippen molar-refractivity contribution in [3.05, 3.63) is 102 Å². The second-order valence-electron chi connectivity index (χ2n) is 9.81. The van der Waals surface area contributed by atoms with E-state index in [0.717, 1.165) is 33.1 Å². The third kappa shape index (κ3) is 6.11. The zero-order valence-corrected chi connectivity index (χ0v) is 23.0. The fourth-order valence-corrected chi connectivity index (χ4v) is 4.94. The van der Waals surface area contributed by atoms with Crippen molar-refractivity contribution in [1.29, 1.82) is 0 Å². The molecule has 7 heteroatoms. The van der Waals surface area contributed by atoms with Gasteiger partial charge in [0.15, 0.2) is 5.75 Å². The van der Waals surface area contributed by atoms with Gasteiger partial charge in [0, 0.05) is 10.8 Å². The molecular weight excluding hydrogens is 496 g/mol. The van der Waals surface area contributed by atoms with Crippen molar-refractivity contribution in [2.45, 2.75) is 51.3 Å². The fraction of sp³-hybridized carbons (Fsp3) is 0.226. The zero-order chi connectivity index (χ0) is 27.4. The summed E-state index contributed by atoms with van der Waals surface area (Å²) in [4.78, 5) is 9.14. The Hall–Kier alpha value is -3.97. The molecule has 2 aromatic heterocycles. The molecule has 0 saturated heterocycles. The van der Waals surface area contributed by atoms with Crippen molar-refractivity contribution in [3.8, 4) is 11.5 Å². The summed E-state index contributed by atoms with van der Waals surface area (Å²) in [6.45, 7) is 9.87. The van der Waals surface area contributed by atoms with E-state index in [1.54, 1.807) is 36.4 Å². The molecule has 6 nitrogen and oxygen atoms in total. The maximum Gasteiger partial charge on any atom is 0.339 e. The Morgan fingerprint density at radius 1 is 0.711 bits per heavy atom. The van der Waals surface area contributed by atoms with E-state index in [1.165, 1.54) is 0 Å². The predicted molar refractivity (Wildman–Crippen MR) is 152 cm³/mol. The first-order valence-electron chi connectivity index (χ1n) is 12.5. The van der Waals surface area contributed by atoms with Crippen LogP contribution in [-0.2, 0) is 10.1 Å². The Kier molecular flexibility index (Phi) is 7.97. The molecule has 0 spiro atoms. The number of para-hydroxylation sites is 2. The van der Waals surface area contributed by atoms with Crippen LogP contribution in [0.25, 0.3) is 21.8 Å². The van der Waals surface area contributed by atoms with Crippen LogP contribution in [0.15, 0.2) is 89.8 Å². The summed E-state index contributed by atoms with van der Waals surface area (Å²) in [5.74, 6) is 0.861. The summed E-state index contributed by atoms with van der Waals surface area (Å²) in [6, 6.07) is 25.5. The summed E-state index contributed by atoms with van der Waals surface area (Å²) in [7, 11) is -3.89. The van der Waals surface area contributed by atoms with Gasteiger partial charge < -0.3 is 9.29 Å². The molecule has 38 heavy (non-hydrogen) atoms. The Morgan fingerprint density at radius 3 is 1.76 bits per heavy atom. The lowest BCUT2D eigenvalue weighted by molar-refractivity contribution is 0.461. The van der Waals surface area contributed by atoms with E-state index in [4.69, 9.17) is 4.18 Å². The van der Waals surface area contributed by atoms with Crippen molar-refractivity contribution in [1.82, 2.24) is 9.97 Å². The van der Waals surface area contributed by atoms with Gasteiger partial charge in [0.25, 0.3) is 0 Å². The lowest BCUT2D eigenvalue weighted by Crippen LogP contribution is -2.12. The van der Waals surface area contributed by atoms with Crippen LogP contribution < -0.4 is 4.18 Å². The van der Waals surface area contributed by atoms with Crippen molar-refractivity contribution < 1.29 is 17.7 Å². The van der Waals surface area contributed by atoms with Crippen molar-refractivity contribution in [3.63, 3.8) is 0 Å². The van der Waals surface area contributed by atoms with E-state index in [9.17, 15) is 13.5 Å². The molecule has 5 rings (SSSR count). The first kappa shape index (κ1) is 27.1. The molecule has 0 unspecified atom stereocenters. The fourth-order valence-electron chi connectivity index (χ4n) is 4.01. The summed E-state index contributed by atoms with van der Waals surface area (Å²) >= 11 is 0. The Bertz CT molecular complexity index is 1680. The number of nitrogens with zero attached hydrogens (tertiary/aromatic N) is 2. The SMILES string of the molecule is CC(C)c1nc2ccccc2cc1O.Cc1ccc(S(=O)(=O)Oc2cc3ccccc3nc2C(C)C)cc1. The number of aromatic nitrogens is 2. The number of benzene rings is 3. The van der Waals surface area contributed by atoms with Crippen LogP contribution in [-0.4, -0.2) is 23.5 Å². The van der Waals surface area contributed by atoms with Gasteiger partial charge in [-0.3, -0.25) is 0 Å². The van der Waals surface area contributed by atoms with Gasteiger partial charge in [-0.15, -0.1) is 0 Å². The van der Waals surface area contributed by atoms with Crippen molar-refractivity contribution >= 4 is 31.9 Å². The van der Waals surface area contributed by atoms with Gasteiger partial charge in [0.05, 0.1) is 22.4 Å². The molecule has 1 N–H and O–H groups in total. The highest BCUT2D eigenvalue weighted by Gasteiger charge is 2.21. The third-order valence-electron chi connectivity index (χ3n) is 6.05. The summed E-state index contributed by atoms with van der Waals surface area (Å²) < 4.78 is 30.6. The second-order valence-corrected chi connectivity index (χ2v) is 11.4. The van der Waals surface area contributed by atoms with Gasteiger partial charge in [-0.1, -0.05) is 81.8 Å². The summed E-state index contributed by atoms with van der Waals surface area (Å²) in [5, 5.41) is 11.5. The molecule has 2 heterocycles. The highest BCUT2D eigenvalue weighted by atomic mass is 32.2. The van der Waals surface area contributed by atoms with Crippen LogP contribution in [0.5, 0.6) is 11.5 Å². The molecule has 0 aliphatic rings. The van der Waals surface area contributed by atoms with Crippen LogP contribution in [0, 0.1) is 6.92 Å². The number of rotatable bonds is 5. The van der Waals surface area contributed by atoms with E-state index in [-0.39, 0.29) is 22.5 Å². The average Bonchev–Trinajstić information content (AvgIpc) is 2.88. The molecule has 0 atom stereocenters. The number of fused-ring (bicyclic) bond motifs is 2. The van der Waals surface area contributed by atoms with Gasteiger partial charge in [-0.2, -0.15) is 8.42 Å². The number of hydrogen-bond donors (Lipinski definition) is 1.